The van der Waals surface area contributed by atoms with E-state index in [-0.39, 0.29) is 24.2 Å². The summed E-state index contributed by atoms with van der Waals surface area (Å²) in [4.78, 5) is 27.6. The zero-order valence-corrected chi connectivity index (χ0v) is 12.8. The number of amides is 1. The number of hydrogen-bond acceptors (Lipinski definition) is 5. The van der Waals surface area contributed by atoms with Gasteiger partial charge in [0.05, 0.1) is 0 Å². The molecule has 1 aromatic carbocycles. The quantitative estimate of drug-likeness (QED) is 0.857. The highest BCUT2D eigenvalue weighted by molar-refractivity contribution is 5.90. The average molecular weight is 302 g/mol. The molecule has 0 aliphatic carbocycles. The Balaban J connectivity index is 2.05. The van der Waals surface area contributed by atoms with Crippen LogP contribution in [0.2, 0.25) is 0 Å². The fourth-order valence-corrected chi connectivity index (χ4v) is 1.85. The fourth-order valence-electron chi connectivity index (χ4n) is 1.85. The van der Waals surface area contributed by atoms with Crippen LogP contribution >= 0.6 is 0 Å². The van der Waals surface area contributed by atoms with Crippen molar-refractivity contribution in [2.75, 3.05) is 6.61 Å². The van der Waals surface area contributed by atoms with Crippen LogP contribution in [0.25, 0.3) is 11.5 Å². The first-order valence-electron chi connectivity index (χ1n) is 6.96. The molecule has 2 rings (SSSR count). The van der Waals surface area contributed by atoms with Crippen molar-refractivity contribution in [3.8, 4) is 11.5 Å². The number of carbonyl (C=O) groups is 2. The highest BCUT2D eigenvalue weighted by atomic mass is 16.5. The summed E-state index contributed by atoms with van der Waals surface area (Å²) in [5, 5.41) is 2.64. The number of oxazole rings is 1. The number of esters is 1. The van der Waals surface area contributed by atoms with Gasteiger partial charge in [0, 0.05) is 11.6 Å². The molecule has 0 aliphatic rings. The molecule has 0 fully saturated rings. The molecule has 1 aromatic heterocycles. The standard InChI is InChI=1S/C16H18N2O4/c1-10(2)17-13(19)9-21-16(20)14-11(3)22-15(18-14)12-7-5-4-6-8-12/h4-8,10H,9H2,1-3H3,(H,17,19). The third-order valence-corrected chi connectivity index (χ3v) is 2.79. The lowest BCUT2D eigenvalue weighted by Gasteiger charge is -2.08. The first kappa shape index (κ1) is 15.8. The Bertz CT molecular complexity index is 662. The van der Waals surface area contributed by atoms with Gasteiger partial charge in [0.25, 0.3) is 5.91 Å². The Morgan fingerprint density at radius 1 is 1.27 bits per heavy atom. The van der Waals surface area contributed by atoms with Crippen molar-refractivity contribution in [2.45, 2.75) is 26.8 Å². The summed E-state index contributed by atoms with van der Waals surface area (Å²) in [7, 11) is 0. The van der Waals surface area contributed by atoms with Gasteiger partial charge in [-0.2, -0.15) is 0 Å². The lowest BCUT2D eigenvalue weighted by atomic mass is 10.2. The molecule has 22 heavy (non-hydrogen) atoms. The van der Waals surface area contributed by atoms with E-state index in [4.69, 9.17) is 9.15 Å². The molecule has 6 heteroatoms. The maximum Gasteiger partial charge on any atom is 0.361 e. The molecule has 1 N–H and O–H groups in total. The van der Waals surface area contributed by atoms with Crippen LogP contribution in [0.15, 0.2) is 34.7 Å². The number of aryl methyl sites for hydroxylation is 1. The smallest absolute Gasteiger partial charge is 0.361 e. The molecule has 1 heterocycles. The topological polar surface area (TPSA) is 81.4 Å². The summed E-state index contributed by atoms with van der Waals surface area (Å²) < 4.78 is 10.4. The summed E-state index contributed by atoms with van der Waals surface area (Å²) in [5.74, 6) is -0.333. The minimum absolute atomic E-state index is 0.00956. The normalized spacial score (nSPS) is 10.5. The average Bonchev–Trinajstić information content (AvgIpc) is 2.87. The molecule has 0 spiro atoms. The van der Waals surface area contributed by atoms with Gasteiger partial charge in [-0.25, -0.2) is 9.78 Å². The van der Waals surface area contributed by atoms with Crippen molar-refractivity contribution in [1.82, 2.24) is 10.3 Å². The number of benzene rings is 1. The molecule has 116 valence electrons. The van der Waals surface area contributed by atoms with Crippen LogP contribution in [-0.4, -0.2) is 29.5 Å². The minimum atomic E-state index is -0.678. The molecule has 0 saturated heterocycles. The van der Waals surface area contributed by atoms with Crippen LogP contribution in [0.3, 0.4) is 0 Å². The van der Waals surface area contributed by atoms with Crippen molar-refractivity contribution in [1.29, 1.82) is 0 Å². The van der Waals surface area contributed by atoms with Crippen LogP contribution in [0.5, 0.6) is 0 Å². The van der Waals surface area contributed by atoms with E-state index in [0.717, 1.165) is 5.56 Å². The van der Waals surface area contributed by atoms with Crippen molar-refractivity contribution < 1.29 is 18.7 Å². The zero-order valence-electron chi connectivity index (χ0n) is 12.8. The lowest BCUT2D eigenvalue weighted by Crippen LogP contribution is -2.34. The number of nitrogens with one attached hydrogen (secondary N) is 1. The zero-order chi connectivity index (χ0) is 16.1. The van der Waals surface area contributed by atoms with E-state index < -0.39 is 5.97 Å². The lowest BCUT2D eigenvalue weighted by molar-refractivity contribution is -0.124. The van der Waals surface area contributed by atoms with Gasteiger partial charge in [-0.05, 0) is 32.9 Å². The van der Waals surface area contributed by atoms with Crippen LogP contribution in [0.1, 0.15) is 30.1 Å². The van der Waals surface area contributed by atoms with Crippen molar-refractivity contribution >= 4 is 11.9 Å². The summed E-state index contributed by atoms with van der Waals surface area (Å²) in [6, 6.07) is 9.23. The molecule has 0 bridgehead atoms. The summed E-state index contributed by atoms with van der Waals surface area (Å²) >= 11 is 0. The molecule has 2 aromatic rings. The third-order valence-electron chi connectivity index (χ3n) is 2.79. The molecule has 1 amide bonds. The molecule has 0 aliphatic heterocycles. The largest absolute Gasteiger partial charge is 0.451 e. The summed E-state index contributed by atoms with van der Waals surface area (Å²) in [5.41, 5.74) is 0.846. The van der Waals surface area contributed by atoms with E-state index in [1.807, 2.05) is 44.2 Å². The second kappa shape index (κ2) is 6.89. The van der Waals surface area contributed by atoms with Crippen LogP contribution in [-0.2, 0) is 9.53 Å². The number of hydrogen-bond donors (Lipinski definition) is 1. The maximum atomic E-state index is 12.0. The van der Waals surface area contributed by atoms with Gasteiger partial charge in [-0.3, -0.25) is 4.79 Å². The van der Waals surface area contributed by atoms with E-state index in [2.05, 4.69) is 10.3 Å². The predicted octanol–water partition coefficient (Wildman–Crippen LogP) is 2.33. The number of nitrogens with zero attached hydrogens (tertiary/aromatic N) is 1. The number of aromatic nitrogens is 1. The van der Waals surface area contributed by atoms with Gasteiger partial charge in [0.1, 0.15) is 5.76 Å². The van der Waals surface area contributed by atoms with Gasteiger partial charge >= 0.3 is 5.97 Å². The number of ether oxygens (including phenoxy) is 1. The Morgan fingerprint density at radius 3 is 2.59 bits per heavy atom. The van der Waals surface area contributed by atoms with Gasteiger partial charge in [0.15, 0.2) is 12.3 Å². The Hall–Kier alpha value is -2.63. The molecule has 0 saturated carbocycles. The highest BCUT2D eigenvalue weighted by Crippen LogP contribution is 2.21. The fraction of sp³-hybridized carbons (Fsp3) is 0.312. The molecule has 0 atom stereocenters. The van der Waals surface area contributed by atoms with E-state index >= 15 is 0 Å². The monoisotopic (exact) mass is 302 g/mol. The van der Waals surface area contributed by atoms with Crippen molar-refractivity contribution in [3.63, 3.8) is 0 Å². The first-order valence-corrected chi connectivity index (χ1v) is 6.96. The van der Waals surface area contributed by atoms with E-state index in [0.29, 0.717) is 11.7 Å². The predicted molar refractivity (Wildman–Crippen MR) is 80.2 cm³/mol. The molecule has 0 radical (unpaired) electrons. The molecular formula is C16H18N2O4. The molecule has 0 unspecified atom stereocenters. The van der Waals surface area contributed by atoms with Crippen molar-refractivity contribution in [3.05, 3.63) is 41.8 Å². The SMILES string of the molecule is Cc1oc(-c2ccccc2)nc1C(=O)OCC(=O)NC(C)C. The Labute approximate surface area is 128 Å². The molecular weight excluding hydrogens is 284 g/mol. The van der Waals surface area contributed by atoms with Crippen LogP contribution in [0.4, 0.5) is 0 Å². The van der Waals surface area contributed by atoms with Crippen LogP contribution < -0.4 is 5.32 Å². The van der Waals surface area contributed by atoms with Gasteiger partial charge in [0.2, 0.25) is 5.89 Å². The Morgan fingerprint density at radius 2 is 1.95 bits per heavy atom. The number of rotatable bonds is 5. The summed E-state index contributed by atoms with van der Waals surface area (Å²) in [6.07, 6.45) is 0. The molecule has 6 nitrogen and oxygen atoms in total. The van der Waals surface area contributed by atoms with Gasteiger partial charge < -0.3 is 14.5 Å². The number of carbonyl (C=O) groups excluding carboxylic acids is 2. The van der Waals surface area contributed by atoms with Crippen molar-refractivity contribution in [2.24, 2.45) is 0 Å². The van der Waals surface area contributed by atoms with E-state index in [9.17, 15) is 9.59 Å². The third kappa shape index (κ3) is 3.94. The second-order valence-electron chi connectivity index (χ2n) is 5.09. The minimum Gasteiger partial charge on any atom is -0.451 e. The first-order chi connectivity index (χ1) is 10.5. The van der Waals surface area contributed by atoms with E-state index in [1.54, 1.807) is 6.92 Å². The van der Waals surface area contributed by atoms with E-state index in [1.165, 1.54) is 0 Å². The Kier molecular flexibility index (Phi) is 4.93. The maximum absolute atomic E-state index is 12.0. The van der Waals surface area contributed by atoms with Gasteiger partial charge in [-0.1, -0.05) is 18.2 Å². The highest BCUT2D eigenvalue weighted by Gasteiger charge is 2.20. The van der Waals surface area contributed by atoms with Gasteiger partial charge in [-0.15, -0.1) is 0 Å². The second-order valence-corrected chi connectivity index (χ2v) is 5.09. The summed E-state index contributed by atoms with van der Waals surface area (Å²) in [6.45, 7) is 4.94. The van der Waals surface area contributed by atoms with Crippen LogP contribution in [0, 0.1) is 6.92 Å².